The molecule has 3 rings (SSSR count). The number of para-hydroxylation sites is 1. The van der Waals surface area contributed by atoms with Crippen molar-refractivity contribution in [1.82, 2.24) is 4.90 Å². The average Bonchev–Trinajstić information content (AvgIpc) is 3.03. The van der Waals surface area contributed by atoms with E-state index < -0.39 is 6.10 Å². The maximum Gasteiger partial charge on any atom is 0.241 e. The van der Waals surface area contributed by atoms with Crippen molar-refractivity contribution >= 4 is 11.6 Å². The summed E-state index contributed by atoms with van der Waals surface area (Å²) in [6.45, 7) is 4.73. The number of hydrogen-bond acceptors (Lipinski definition) is 4. The summed E-state index contributed by atoms with van der Waals surface area (Å²) in [6, 6.07) is 8.06. The lowest BCUT2D eigenvalue weighted by atomic mass is 10.2. The summed E-state index contributed by atoms with van der Waals surface area (Å²) >= 11 is 0. The zero-order valence-corrected chi connectivity index (χ0v) is 12.4. The molecular formula is C16H22N2O3. The van der Waals surface area contributed by atoms with E-state index in [0.29, 0.717) is 26.2 Å². The van der Waals surface area contributed by atoms with Crippen LogP contribution in [0.3, 0.4) is 0 Å². The molecule has 5 heteroatoms. The topological polar surface area (TPSA) is 53.0 Å². The number of hydrogen-bond donors (Lipinski definition) is 1. The van der Waals surface area contributed by atoms with E-state index >= 15 is 0 Å². The van der Waals surface area contributed by atoms with Gasteiger partial charge in [0.15, 0.2) is 0 Å². The summed E-state index contributed by atoms with van der Waals surface area (Å²) in [5.41, 5.74) is 2.27. The highest BCUT2D eigenvalue weighted by Crippen LogP contribution is 2.27. The molecule has 0 unspecified atom stereocenters. The molecule has 2 heterocycles. The molecule has 0 bridgehead atoms. The van der Waals surface area contributed by atoms with Crippen LogP contribution in [0.5, 0.6) is 0 Å². The van der Waals surface area contributed by atoms with Crippen LogP contribution in [0.25, 0.3) is 0 Å². The molecule has 21 heavy (non-hydrogen) atoms. The van der Waals surface area contributed by atoms with E-state index in [1.807, 2.05) is 34.9 Å². The lowest BCUT2D eigenvalue weighted by molar-refractivity contribution is -0.119. The number of anilines is 1. The molecular weight excluding hydrogens is 268 g/mol. The monoisotopic (exact) mass is 290 g/mol. The molecule has 2 aliphatic heterocycles. The van der Waals surface area contributed by atoms with Gasteiger partial charge >= 0.3 is 0 Å². The van der Waals surface area contributed by atoms with E-state index in [1.165, 1.54) is 5.56 Å². The van der Waals surface area contributed by atoms with Crippen molar-refractivity contribution in [3.05, 3.63) is 29.8 Å². The van der Waals surface area contributed by atoms with Crippen LogP contribution in [0.15, 0.2) is 24.3 Å². The number of likely N-dealkylation sites (tertiary alicyclic amines) is 1. The van der Waals surface area contributed by atoms with Gasteiger partial charge in [-0.05, 0) is 25.0 Å². The minimum Gasteiger partial charge on any atom is -0.389 e. The summed E-state index contributed by atoms with van der Waals surface area (Å²) in [4.78, 5) is 16.3. The van der Waals surface area contributed by atoms with Crippen LogP contribution < -0.4 is 4.90 Å². The normalized spacial score (nSPS) is 25.3. The predicted octanol–water partition coefficient (Wildman–Crippen LogP) is 0.657. The third-order valence-corrected chi connectivity index (χ3v) is 4.24. The molecule has 1 N–H and O–H groups in total. The van der Waals surface area contributed by atoms with Gasteiger partial charge in [0.2, 0.25) is 5.91 Å². The van der Waals surface area contributed by atoms with Crippen LogP contribution in [0.2, 0.25) is 0 Å². The lowest BCUT2D eigenvalue weighted by Crippen LogP contribution is -2.39. The minimum absolute atomic E-state index is 0.101. The van der Waals surface area contributed by atoms with Crippen LogP contribution in [-0.2, 0) is 16.0 Å². The number of aliphatic hydroxyl groups is 1. The molecule has 114 valence electrons. The zero-order chi connectivity index (χ0) is 14.8. The van der Waals surface area contributed by atoms with Crippen LogP contribution in [0, 0.1) is 0 Å². The van der Waals surface area contributed by atoms with Gasteiger partial charge in [-0.3, -0.25) is 9.69 Å². The second kappa shape index (κ2) is 6.13. The Kier molecular flexibility index (Phi) is 4.24. The quantitative estimate of drug-likeness (QED) is 0.885. The molecule has 1 saturated heterocycles. The molecule has 1 aromatic carbocycles. The van der Waals surface area contributed by atoms with Gasteiger partial charge in [-0.2, -0.15) is 0 Å². The zero-order valence-electron chi connectivity index (χ0n) is 12.4. The fourth-order valence-electron chi connectivity index (χ4n) is 3.21. The molecule has 0 aromatic heterocycles. The molecule has 0 aliphatic carbocycles. The number of fused-ring (bicyclic) bond motifs is 1. The molecule has 2 atom stereocenters. The fraction of sp³-hybridized carbons (Fsp3) is 0.562. The van der Waals surface area contributed by atoms with Crippen molar-refractivity contribution in [2.45, 2.75) is 25.6 Å². The third-order valence-electron chi connectivity index (χ3n) is 4.24. The molecule has 5 nitrogen and oxygen atoms in total. The number of amides is 1. The van der Waals surface area contributed by atoms with Crippen molar-refractivity contribution < 1.29 is 14.6 Å². The van der Waals surface area contributed by atoms with Crippen molar-refractivity contribution in [3.8, 4) is 0 Å². The molecule has 1 aromatic rings. The molecule has 1 fully saturated rings. The smallest absolute Gasteiger partial charge is 0.241 e. The fourth-order valence-corrected chi connectivity index (χ4v) is 3.21. The first kappa shape index (κ1) is 14.5. The molecule has 0 radical (unpaired) electrons. The third kappa shape index (κ3) is 2.95. The Morgan fingerprint density at radius 2 is 2.19 bits per heavy atom. The number of β-amino-alcohol motifs (C(OH)–C–C–N with tert-alkyl or cyclic N) is 1. The molecule has 0 spiro atoms. The highest BCUT2D eigenvalue weighted by molar-refractivity contribution is 5.96. The number of benzene rings is 1. The SMILES string of the molecule is CCO[C@H]1CN(CC(=O)N2CCc3ccccc32)C[C@@H]1O. The Balaban J connectivity index is 1.61. The maximum atomic E-state index is 12.5. The first-order chi connectivity index (χ1) is 10.2. The Morgan fingerprint density at radius 1 is 1.38 bits per heavy atom. The highest BCUT2D eigenvalue weighted by atomic mass is 16.5. The summed E-state index contributed by atoms with van der Waals surface area (Å²) in [6.07, 6.45) is 0.254. The molecule has 2 aliphatic rings. The van der Waals surface area contributed by atoms with Crippen molar-refractivity contribution in [3.63, 3.8) is 0 Å². The van der Waals surface area contributed by atoms with Gasteiger partial charge in [0.25, 0.3) is 0 Å². The van der Waals surface area contributed by atoms with E-state index in [1.54, 1.807) is 0 Å². The van der Waals surface area contributed by atoms with Crippen LogP contribution in [-0.4, -0.2) is 60.9 Å². The Hall–Kier alpha value is -1.43. The lowest BCUT2D eigenvalue weighted by Gasteiger charge is -2.21. The predicted molar refractivity (Wildman–Crippen MR) is 80.4 cm³/mol. The van der Waals surface area contributed by atoms with E-state index in [4.69, 9.17) is 4.74 Å². The highest BCUT2D eigenvalue weighted by Gasteiger charge is 2.34. The summed E-state index contributed by atoms with van der Waals surface area (Å²) in [5.74, 6) is 0.101. The van der Waals surface area contributed by atoms with Gasteiger partial charge in [-0.1, -0.05) is 18.2 Å². The van der Waals surface area contributed by atoms with Gasteiger partial charge in [0.1, 0.15) is 0 Å². The largest absolute Gasteiger partial charge is 0.389 e. The van der Waals surface area contributed by atoms with E-state index in [2.05, 4.69) is 6.07 Å². The van der Waals surface area contributed by atoms with Gasteiger partial charge in [0, 0.05) is 31.9 Å². The number of nitrogens with zero attached hydrogens (tertiary/aromatic N) is 2. The number of aliphatic hydroxyl groups excluding tert-OH is 1. The minimum atomic E-state index is -0.497. The van der Waals surface area contributed by atoms with E-state index in [0.717, 1.165) is 18.7 Å². The van der Waals surface area contributed by atoms with E-state index in [-0.39, 0.29) is 12.0 Å². The van der Waals surface area contributed by atoms with Crippen LogP contribution in [0.4, 0.5) is 5.69 Å². The maximum absolute atomic E-state index is 12.5. The molecule has 0 saturated carbocycles. The number of rotatable bonds is 4. The summed E-state index contributed by atoms with van der Waals surface area (Å²) in [5, 5.41) is 9.93. The first-order valence-corrected chi connectivity index (χ1v) is 7.59. The number of ether oxygens (including phenoxy) is 1. The number of carbonyl (C=O) groups is 1. The second-order valence-electron chi connectivity index (χ2n) is 5.68. The van der Waals surface area contributed by atoms with Crippen molar-refractivity contribution in [2.75, 3.05) is 37.7 Å². The second-order valence-corrected chi connectivity index (χ2v) is 5.68. The Morgan fingerprint density at radius 3 is 3.00 bits per heavy atom. The summed E-state index contributed by atoms with van der Waals surface area (Å²) < 4.78 is 5.49. The van der Waals surface area contributed by atoms with Gasteiger partial charge < -0.3 is 14.7 Å². The Labute approximate surface area is 125 Å². The van der Waals surface area contributed by atoms with Crippen LogP contribution in [0.1, 0.15) is 12.5 Å². The summed E-state index contributed by atoms with van der Waals surface area (Å²) in [7, 11) is 0. The van der Waals surface area contributed by atoms with Gasteiger partial charge in [-0.25, -0.2) is 0 Å². The van der Waals surface area contributed by atoms with Crippen LogP contribution >= 0.6 is 0 Å². The van der Waals surface area contributed by atoms with Gasteiger partial charge in [0.05, 0.1) is 18.8 Å². The van der Waals surface area contributed by atoms with Gasteiger partial charge in [-0.15, -0.1) is 0 Å². The average molecular weight is 290 g/mol. The van der Waals surface area contributed by atoms with Crippen molar-refractivity contribution in [1.29, 1.82) is 0 Å². The molecule has 1 amide bonds. The standard InChI is InChI=1S/C16H22N2O3/c1-2-21-15-10-17(9-14(15)19)11-16(20)18-8-7-12-5-3-4-6-13(12)18/h3-6,14-15,19H,2,7-11H2,1H3/t14-,15-/m0/s1. The first-order valence-electron chi connectivity index (χ1n) is 7.59. The van der Waals surface area contributed by atoms with E-state index in [9.17, 15) is 9.90 Å². The number of carbonyl (C=O) groups excluding carboxylic acids is 1. The van der Waals surface area contributed by atoms with Crippen molar-refractivity contribution in [2.24, 2.45) is 0 Å². The Bertz CT molecular complexity index is 520.